The summed E-state index contributed by atoms with van der Waals surface area (Å²) in [4.78, 5) is 25.5. The summed E-state index contributed by atoms with van der Waals surface area (Å²) in [6.07, 6.45) is 2.58. The smallest absolute Gasteiger partial charge is 0.277 e. The Labute approximate surface area is 163 Å². The van der Waals surface area contributed by atoms with Gasteiger partial charge in [0.2, 0.25) is 0 Å². The van der Waals surface area contributed by atoms with E-state index in [9.17, 15) is 4.79 Å². The number of aromatic amines is 1. The van der Waals surface area contributed by atoms with E-state index in [-0.39, 0.29) is 5.56 Å². The van der Waals surface area contributed by atoms with Crippen LogP contribution in [0, 0.1) is 0 Å². The van der Waals surface area contributed by atoms with Gasteiger partial charge in [-0.1, -0.05) is 0 Å². The molecule has 1 aliphatic rings. The van der Waals surface area contributed by atoms with Gasteiger partial charge in [0.1, 0.15) is 11.0 Å². The number of rotatable bonds is 6. The number of aryl methyl sites for hydroxylation is 1. The molecule has 3 aromatic rings. The van der Waals surface area contributed by atoms with Crippen LogP contribution in [-0.4, -0.2) is 78.3 Å². The topological polar surface area (TPSA) is 75.6 Å². The van der Waals surface area contributed by atoms with Crippen molar-refractivity contribution in [3.05, 3.63) is 28.8 Å². The monoisotopic (exact) mass is 385 g/mol. The van der Waals surface area contributed by atoms with Crippen LogP contribution in [0.1, 0.15) is 6.42 Å². The zero-order valence-electron chi connectivity index (χ0n) is 16.7. The lowest BCUT2D eigenvalue weighted by Gasteiger charge is -2.32. The van der Waals surface area contributed by atoms with Crippen LogP contribution in [0.4, 0.5) is 0 Å². The summed E-state index contributed by atoms with van der Waals surface area (Å²) in [5.41, 5.74) is 1.95. The maximum absolute atomic E-state index is 12.9. The number of likely N-dealkylation sites (N-methyl/N-ethyl adjacent to an activating group) is 1. The van der Waals surface area contributed by atoms with Crippen LogP contribution in [0.2, 0.25) is 0 Å². The highest BCUT2D eigenvalue weighted by Gasteiger charge is 2.16. The third-order valence-electron chi connectivity index (χ3n) is 5.55. The highest BCUT2D eigenvalue weighted by molar-refractivity contribution is 6.05. The Hall–Kier alpha value is -2.58. The summed E-state index contributed by atoms with van der Waals surface area (Å²) in [6, 6.07) is 3.70. The number of piperazine rings is 1. The maximum Gasteiger partial charge on any atom is 0.277 e. The van der Waals surface area contributed by atoms with E-state index < -0.39 is 0 Å². The first-order valence-corrected chi connectivity index (χ1v) is 9.64. The van der Waals surface area contributed by atoms with Gasteiger partial charge < -0.3 is 24.3 Å². The summed E-state index contributed by atoms with van der Waals surface area (Å²) in [7, 11) is 5.35. The van der Waals surface area contributed by atoms with E-state index in [4.69, 9.17) is 9.47 Å². The fourth-order valence-electron chi connectivity index (χ4n) is 3.81. The van der Waals surface area contributed by atoms with Gasteiger partial charge >= 0.3 is 0 Å². The number of benzene rings is 1. The second kappa shape index (κ2) is 7.81. The molecule has 0 amide bonds. The third-order valence-corrected chi connectivity index (χ3v) is 5.55. The van der Waals surface area contributed by atoms with Crippen molar-refractivity contribution in [2.24, 2.45) is 0 Å². The van der Waals surface area contributed by atoms with Crippen molar-refractivity contribution < 1.29 is 9.47 Å². The first-order chi connectivity index (χ1) is 13.6. The van der Waals surface area contributed by atoms with Gasteiger partial charge in [-0.05, 0) is 26.1 Å². The lowest BCUT2D eigenvalue weighted by molar-refractivity contribution is 0.151. The Balaban J connectivity index is 1.56. The van der Waals surface area contributed by atoms with Gasteiger partial charge in [-0.25, -0.2) is 4.98 Å². The lowest BCUT2D eigenvalue weighted by atomic mass is 10.2. The molecule has 1 aromatic carbocycles. The van der Waals surface area contributed by atoms with Crippen molar-refractivity contribution in [1.82, 2.24) is 24.3 Å². The van der Waals surface area contributed by atoms with Crippen molar-refractivity contribution in [3.63, 3.8) is 0 Å². The molecule has 0 radical (unpaired) electrons. The summed E-state index contributed by atoms with van der Waals surface area (Å²) in [5, 5.41) is 0.856. The molecule has 0 unspecified atom stereocenters. The fourth-order valence-corrected chi connectivity index (χ4v) is 3.81. The van der Waals surface area contributed by atoms with Crippen LogP contribution in [0.25, 0.3) is 21.9 Å². The van der Waals surface area contributed by atoms with Crippen LogP contribution >= 0.6 is 0 Å². The number of fused-ring (bicyclic) bond motifs is 3. The van der Waals surface area contributed by atoms with Crippen LogP contribution in [0.5, 0.6) is 11.5 Å². The third kappa shape index (κ3) is 3.45. The van der Waals surface area contributed by atoms with E-state index in [0.717, 1.165) is 50.0 Å². The average Bonchev–Trinajstić information content (AvgIpc) is 3.08. The van der Waals surface area contributed by atoms with E-state index in [2.05, 4.69) is 26.8 Å². The minimum absolute atomic E-state index is 0.0440. The van der Waals surface area contributed by atoms with Crippen molar-refractivity contribution >= 4 is 21.9 Å². The Kier molecular flexibility index (Phi) is 5.23. The van der Waals surface area contributed by atoms with Gasteiger partial charge in [0.15, 0.2) is 11.5 Å². The van der Waals surface area contributed by atoms with Gasteiger partial charge in [0.05, 0.1) is 26.1 Å². The van der Waals surface area contributed by atoms with Crippen LogP contribution in [0.3, 0.4) is 0 Å². The second-order valence-corrected chi connectivity index (χ2v) is 7.34. The fraction of sp³-hybridized carbons (Fsp3) is 0.500. The molecule has 0 saturated carbocycles. The molecule has 3 heterocycles. The summed E-state index contributed by atoms with van der Waals surface area (Å²) >= 11 is 0. The van der Waals surface area contributed by atoms with Crippen LogP contribution in [-0.2, 0) is 6.54 Å². The van der Waals surface area contributed by atoms with Crippen LogP contribution in [0.15, 0.2) is 23.3 Å². The number of methoxy groups -OCH3 is 2. The molecule has 1 aliphatic heterocycles. The molecule has 2 aromatic heterocycles. The molecule has 0 atom stereocenters. The quantitative estimate of drug-likeness (QED) is 0.694. The number of hydrogen-bond acceptors (Lipinski definition) is 6. The van der Waals surface area contributed by atoms with Gasteiger partial charge in [0, 0.05) is 44.2 Å². The summed E-state index contributed by atoms with van der Waals surface area (Å²) in [6.45, 7) is 6.06. The number of nitrogens with one attached hydrogen (secondary N) is 1. The number of aromatic nitrogens is 3. The molecule has 1 N–H and O–H groups in total. The van der Waals surface area contributed by atoms with Gasteiger partial charge in [-0.2, -0.15) is 0 Å². The Morgan fingerprint density at radius 2 is 1.79 bits per heavy atom. The molecule has 0 bridgehead atoms. The predicted octanol–water partition coefficient (Wildman–Crippen LogP) is 1.53. The molecule has 8 heteroatoms. The van der Waals surface area contributed by atoms with Gasteiger partial charge in [-0.3, -0.25) is 9.36 Å². The van der Waals surface area contributed by atoms with E-state index in [1.54, 1.807) is 25.1 Å². The van der Waals surface area contributed by atoms with E-state index in [1.165, 1.54) is 0 Å². The molecular weight excluding hydrogens is 358 g/mol. The molecule has 0 spiro atoms. The highest BCUT2D eigenvalue weighted by Crippen LogP contribution is 2.34. The number of hydrogen-bond donors (Lipinski definition) is 1. The van der Waals surface area contributed by atoms with Crippen molar-refractivity contribution in [3.8, 4) is 11.5 Å². The number of nitrogens with zero attached hydrogens (tertiary/aromatic N) is 4. The SMILES string of the molecule is COc1cc2[nH]c3c(=O)n(CCCN4CCN(C)CC4)cnc3c2cc1OC. The van der Waals surface area contributed by atoms with Crippen molar-refractivity contribution in [2.75, 3.05) is 54.0 Å². The standard InChI is InChI=1S/C20H27N5O3/c1-23-7-9-24(10-8-23)5-4-6-25-13-21-18-14-11-16(27-2)17(28-3)12-15(14)22-19(18)20(25)26/h11-13,22H,4-10H2,1-3H3. The Morgan fingerprint density at radius 3 is 2.50 bits per heavy atom. The molecule has 28 heavy (non-hydrogen) atoms. The molecule has 1 saturated heterocycles. The molecule has 0 aliphatic carbocycles. The van der Waals surface area contributed by atoms with E-state index >= 15 is 0 Å². The largest absolute Gasteiger partial charge is 0.493 e. The predicted molar refractivity (Wildman–Crippen MR) is 110 cm³/mol. The first kappa shape index (κ1) is 18.8. The lowest BCUT2D eigenvalue weighted by Crippen LogP contribution is -2.44. The summed E-state index contributed by atoms with van der Waals surface area (Å²) < 4.78 is 12.4. The average molecular weight is 385 g/mol. The normalized spacial score (nSPS) is 16.1. The molecule has 4 rings (SSSR count). The number of H-pyrrole nitrogens is 1. The summed E-state index contributed by atoms with van der Waals surface area (Å²) in [5.74, 6) is 1.24. The van der Waals surface area contributed by atoms with Crippen molar-refractivity contribution in [1.29, 1.82) is 0 Å². The second-order valence-electron chi connectivity index (χ2n) is 7.34. The highest BCUT2D eigenvalue weighted by atomic mass is 16.5. The Morgan fingerprint density at radius 1 is 1.07 bits per heavy atom. The number of ether oxygens (including phenoxy) is 2. The molecule has 1 fully saturated rings. The van der Waals surface area contributed by atoms with E-state index in [0.29, 0.717) is 29.1 Å². The first-order valence-electron chi connectivity index (χ1n) is 9.64. The minimum Gasteiger partial charge on any atom is -0.493 e. The molecular formula is C20H27N5O3. The zero-order valence-corrected chi connectivity index (χ0v) is 16.7. The minimum atomic E-state index is -0.0440. The molecule has 150 valence electrons. The van der Waals surface area contributed by atoms with E-state index in [1.807, 2.05) is 12.1 Å². The zero-order chi connectivity index (χ0) is 19.7. The van der Waals surface area contributed by atoms with Gasteiger partial charge in [-0.15, -0.1) is 0 Å². The van der Waals surface area contributed by atoms with Gasteiger partial charge in [0.25, 0.3) is 5.56 Å². The maximum atomic E-state index is 12.9. The van der Waals surface area contributed by atoms with Crippen molar-refractivity contribution in [2.45, 2.75) is 13.0 Å². The Bertz CT molecular complexity index is 1030. The van der Waals surface area contributed by atoms with Crippen LogP contribution < -0.4 is 15.0 Å². The molecule has 8 nitrogen and oxygen atoms in total.